The van der Waals surface area contributed by atoms with Gasteiger partial charge >= 0.3 is 0 Å². The number of amides is 1. The zero-order valence-electron chi connectivity index (χ0n) is 12.6. The summed E-state index contributed by atoms with van der Waals surface area (Å²) in [5.41, 5.74) is 2.49. The van der Waals surface area contributed by atoms with E-state index in [1.807, 2.05) is 0 Å². The summed E-state index contributed by atoms with van der Waals surface area (Å²) in [5.74, 6) is 0.811. The molecule has 3 heteroatoms. The van der Waals surface area contributed by atoms with E-state index in [0.717, 1.165) is 19.5 Å². The lowest BCUT2D eigenvalue weighted by atomic mass is 9.93. The molecule has 110 valence electrons. The molecule has 1 aliphatic rings. The van der Waals surface area contributed by atoms with Crippen LogP contribution in [0.2, 0.25) is 0 Å². The van der Waals surface area contributed by atoms with E-state index in [2.05, 4.69) is 48.7 Å². The number of carbonyl (C=O) groups is 1. The molecule has 0 bridgehead atoms. The molecule has 3 nitrogen and oxygen atoms in total. The van der Waals surface area contributed by atoms with Gasteiger partial charge in [0.05, 0.1) is 0 Å². The number of rotatable bonds is 5. The second-order valence-electron chi connectivity index (χ2n) is 5.97. The first-order valence-corrected chi connectivity index (χ1v) is 7.71. The average Bonchev–Trinajstić information content (AvgIpc) is 2.46. The molecule has 1 heterocycles. The lowest BCUT2D eigenvalue weighted by Crippen LogP contribution is -2.47. The molecule has 0 saturated carbocycles. The summed E-state index contributed by atoms with van der Waals surface area (Å²) in [6.45, 7) is 6.17. The maximum absolute atomic E-state index is 11.9. The molecule has 2 N–H and O–H groups in total. The highest BCUT2D eigenvalue weighted by Gasteiger charge is 2.20. The molecule has 1 aromatic rings. The van der Waals surface area contributed by atoms with Crippen LogP contribution < -0.4 is 10.6 Å². The zero-order valence-corrected chi connectivity index (χ0v) is 12.6. The summed E-state index contributed by atoms with van der Waals surface area (Å²) in [7, 11) is 0. The maximum Gasteiger partial charge on any atom is 0.220 e. The van der Waals surface area contributed by atoms with Crippen LogP contribution in [0.15, 0.2) is 24.3 Å². The molecule has 1 amide bonds. The zero-order chi connectivity index (χ0) is 14.4. The van der Waals surface area contributed by atoms with Gasteiger partial charge in [-0.05, 0) is 44.2 Å². The third kappa shape index (κ3) is 4.64. The molecule has 2 rings (SSSR count). The summed E-state index contributed by atoms with van der Waals surface area (Å²) in [6, 6.07) is 8.84. The van der Waals surface area contributed by atoms with Gasteiger partial charge in [-0.2, -0.15) is 0 Å². The van der Waals surface area contributed by atoms with Gasteiger partial charge < -0.3 is 10.6 Å². The van der Waals surface area contributed by atoms with Crippen molar-refractivity contribution in [3.05, 3.63) is 35.4 Å². The molecule has 1 saturated heterocycles. The van der Waals surface area contributed by atoms with Crippen molar-refractivity contribution in [1.29, 1.82) is 0 Å². The van der Waals surface area contributed by atoms with Gasteiger partial charge in [0.2, 0.25) is 5.91 Å². The van der Waals surface area contributed by atoms with E-state index in [0.29, 0.717) is 18.4 Å². The molecule has 20 heavy (non-hydrogen) atoms. The lowest BCUT2D eigenvalue weighted by molar-refractivity contribution is -0.121. The maximum atomic E-state index is 11.9. The van der Waals surface area contributed by atoms with Gasteiger partial charge in [-0.3, -0.25) is 4.79 Å². The minimum absolute atomic E-state index is 0.158. The molecule has 1 aromatic carbocycles. The summed E-state index contributed by atoms with van der Waals surface area (Å²) < 4.78 is 0. The van der Waals surface area contributed by atoms with Crippen molar-refractivity contribution < 1.29 is 4.79 Å². The van der Waals surface area contributed by atoms with E-state index < -0.39 is 0 Å². The Bertz CT molecular complexity index is 427. The third-order valence-electron chi connectivity index (χ3n) is 4.21. The van der Waals surface area contributed by atoms with Crippen molar-refractivity contribution in [3.8, 4) is 0 Å². The molecule has 2 atom stereocenters. The number of nitrogens with one attached hydrogen (secondary N) is 2. The lowest BCUT2D eigenvalue weighted by Gasteiger charge is -2.30. The fourth-order valence-electron chi connectivity index (χ4n) is 2.71. The molecule has 0 radical (unpaired) electrons. The highest BCUT2D eigenvalue weighted by Crippen LogP contribution is 2.14. The van der Waals surface area contributed by atoms with E-state index >= 15 is 0 Å². The molecular formula is C17H26N2O. The van der Waals surface area contributed by atoms with Crippen LogP contribution in [0.25, 0.3) is 0 Å². The van der Waals surface area contributed by atoms with Gasteiger partial charge in [0.15, 0.2) is 0 Å². The fraction of sp³-hybridized carbons (Fsp3) is 0.588. The summed E-state index contributed by atoms with van der Waals surface area (Å²) >= 11 is 0. The van der Waals surface area contributed by atoms with Gasteiger partial charge in [-0.1, -0.05) is 36.8 Å². The Morgan fingerprint density at radius 1 is 1.35 bits per heavy atom. The van der Waals surface area contributed by atoms with Crippen LogP contribution in [0.3, 0.4) is 0 Å². The standard InChI is InChI=1S/C17H26N2O/c1-13-5-7-15(8-6-13)9-10-17(20)19-12-16-14(2)4-3-11-18-16/h5-8,14,16,18H,3-4,9-12H2,1-2H3,(H,19,20). The van der Waals surface area contributed by atoms with E-state index in [1.165, 1.54) is 24.0 Å². The van der Waals surface area contributed by atoms with E-state index in [1.54, 1.807) is 0 Å². The first kappa shape index (κ1) is 15.0. The van der Waals surface area contributed by atoms with Gasteiger partial charge in [-0.25, -0.2) is 0 Å². The first-order valence-electron chi connectivity index (χ1n) is 7.71. The highest BCUT2D eigenvalue weighted by molar-refractivity contribution is 5.76. The van der Waals surface area contributed by atoms with E-state index in [4.69, 9.17) is 0 Å². The van der Waals surface area contributed by atoms with Gasteiger partial charge in [0.1, 0.15) is 0 Å². The smallest absolute Gasteiger partial charge is 0.220 e. The molecule has 0 aromatic heterocycles. The quantitative estimate of drug-likeness (QED) is 0.866. The van der Waals surface area contributed by atoms with Crippen LogP contribution >= 0.6 is 0 Å². The van der Waals surface area contributed by atoms with Crippen LogP contribution in [0.5, 0.6) is 0 Å². The van der Waals surface area contributed by atoms with Crippen LogP contribution in [-0.2, 0) is 11.2 Å². The van der Waals surface area contributed by atoms with Crippen LogP contribution in [-0.4, -0.2) is 25.0 Å². The second kappa shape index (κ2) is 7.44. The van der Waals surface area contributed by atoms with E-state index in [-0.39, 0.29) is 5.91 Å². The Labute approximate surface area is 122 Å². The van der Waals surface area contributed by atoms with Gasteiger partial charge in [0.25, 0.3) is 0 Å². The Morgan fingerprint density at radius 3 is 2.80 bits per heavy atom. The van der Waals surface area contributed by atoms with Crippen molar-refractivity contribution in [2.75, 3.05) is 13.1 Å². The topological polar surface area (TPSA) is 41.1 Å². The first-order chi connectivity index (χ1) is 9.65. The van der Waals surface area contributed by atoms with Crippen molar-refractivity contribution in [1.82, 2.24) is 10.6 Å². The molecule has 1 aliphatic heterocycles. The van der Waals surface area contributed by atoms with Crippen LogP contribution in [0.4, 0.5) is 0 Å². The number of hydrogen-bond donors (Lipinski definition) is 2. The Hall–Kier alpha value is -1.35. The van der Waals surface area contributed by atoms with E-state index in [9.17, 15) is 4.79 Å². The Balaban J connectivity index is 1.68. The number of hydrogen-bond acceptors (Lipinski definition) is 2. The SMILES string of the molecule is Cc1ccc(CCC(=O)NCC2NCCCC2C)cc1. The number of piperidine rings is 1. The Morgan fingerprint density at radius 2 is 2.10 bits per heavy atom. The molecule has 0 spiro atoms. The van der Waals surface area contributed by atoms with Crippen molar-refractivity contribution in [2.24, 2.45) is 5.92 Å². The van der Waals surface area contributed by atoms with Crippen molar-refractivity contribution in [2.45, 2.75) is 45.6 Å². The summed E-state index contributed by atoms with van der Waals surface area (Å²) in [5, 5.41) is 6.55. The number of benzene rings is 1. The predicted molar refractivity (Wildman–Crippen MR) is 82.7 cm³/mol. The molecule has 2 unspecified atom stereocenters. The van der Waals surface area contributed by atoms with Crippen LogP contribution in [0, 0.1) is 12.8 Å². The average molecular weight is 274 g/mol. The monoisotopic (exact) mass is 274 g/mol. The number of carbonyl (C=O) groups excluding carboxylic acids is 1. The third-order valence-corrected chi connectivity index (χ3v) is 4.21. The fourth-order valence-corrected chi connectivity index (χ4v) is 2.71. The van der Waals surface area contributed by atoms with Crippen LogP contribution in [0.1, 0.15) is 37.3 Å². The van der Waals surface area contributed by atoms with Gasteiger partial charge in [-0.15, -0.1) is 0 Å². The molecule has 1 fully saturated rings. The van der Waals surface area contributed by atoms with Crippen molar-refractivity contribution in [3.63, 3.8) is 0 Å². The summed E-state index contributed by atoms with van der Waals surface area (Å²) in [4.78, 5) is 11.9. The summed E-state index contributed by atoms with van der Waals surface area (Å²) in [6.07, 6.45) is 3.90. The molecular weight excluding hydrogens is 248 g/mol. The highest BCUT2D eigenvalue weighted by atomic mass is 16.1. The largest absolute Gasteiger partial charge is 0.355 e. The second-order valence-corrected chi connectivity index (χ2v) is 5.97. The predicted octanol–water partition coefficient (Wildman–Crippen LogP) is 2.43. The Kier molecular flexibility index (Phi) is 5.60. The minimum Gasteiger partial charge on any atom is -0.355 e. The van der Waals surface area contributed by atoms with Gasteiger partial charge in [0, 0.05) is 19.0 Å². The normalized spacial score (nSPS) is 22.5. The number of aryl methyl sites for hydroxylation is 2. The minimum atomic E-state index is 0.158. The molecule has 0 aliphatic carbocycles. The van der Waals surface area contributed by atoms with Crippen molar-refractivity contribution >= 4 is 5.91 Å².